The van der Waals surface area contributed by atoms with Crippen molar-refractivity contribution in [3.8, 4) is 6.07 Å². The Morgan fingerprint density at radius 3 is 2.55 bits per heavy atom. The zero-order valence-electron chi connectivity index (χ0n) is 11.5. The van der Waals surface area contributed by atoms with Crippen molar-refractivity contribution < 1.29 is 0 Å². The van der Waals surface area contributed by atoms with Crippen molar-refractivity contribution in [3.63, 3.8) is 0 Å². The Hall–Kier alpha value is -1.93. The molecule has 2 aromatic carbocycles. The monoisotopic (exact) mass is 345 g/mol. The first-order valence-electron chi connectivity index (χ1n) is 6.39. The van der Waals surface area contributed by atoms with E-state index in [9.17, 15) is 5.26 Å². The van der Waals surface area contributed by atoms with E-state index in [0.29, 0.717) is 20.7 Å². The SMILES string of the molecule is Cc1c(Cl)cc(N=C(C#N)c2nc3ccccc3s2)cc1Cl. The Balaban J connectivity index is 2.09. The fourth-order valence-corrected chi connectivity index (χ4v) is 3.30. The van der Waals surface area contributed by atoms with E-state index in [4.69, 9.17) is 23.2 Å². The number of thiazole rings is 1. The van der Waals surface area contributed by atoms with Crippen LogP contribution in [-0.4, -0.2) is 10.7 Å². The van der Waals surface area contributed by atoms with Crippen molar-refractivity contribution >= 4 is 56.2 Å². The number of halogens is 2. The molecule has 0 aliphatic heterocycles. The molecule has 0 fully saturated rings. The standard InChI is InChI=1S/C16H9Cl2N3S/c1-9-11(17)6-10(7-12(9)18)20-14(8-19)16-21-13-4-2-3-5-15(13)22-16/h2-7H,1H3. The van der Waals surface area contributed by atoms with Crippen LogP contribution in [0.2, 0.25) is 10.0 Å². The van der Waals surface area contributed by atoms with Crippen LogP contribution in [0.5, 0.6) is 0 Å². The summed E-state index contributed by atoms with van der Waals surface area (Å²) in [7, 11) is 0. The first-order chi connectivity index (χ1) is 10.6. The highest BCUT2D eigenvalue weighted by atomic mass is 35.5. The average molecular weight is 346 g/mol. The van der Waals surface area contributed by atoms with Gasteiger partial charge in [-0.1, -0.05) is 35.3 Å². The minimum atomic E-state index is 0.247. The first kappa shape index (κ1) is 15.0. The smallest absolute Gasteiger partial charge is 0.177 e. The van der Waals surface area contributed by atoms with Crippen molar-refractivity contribution in [2.45, 2.75) is 6.92 Å². The highest BCUT2D eigenvalue weighted by Gasteiger charge is 2.11. The lowest BCUT2D eigenvalue weighted by atomic mass is 10.2. The predicted octanol–water partition coefficient (Wildman–Crippen LogP) is 5.56. The van der Waals surface area contributed by atoms with Crippen molar-refractivity contribution in [3.05, 3.63) is 57.0 Å². The summed E-state index contributed by atoms with van der Waals surface area (Å²) in [6.45, 7) is 1.83. The number of nitrogens with zero attached hydrogens (tertiary/aromatic N) is 3. The molecule has 0 aliphatic carbocycles. The highest BCUT2D eigenvalue weighted by molar-refractivity contribution is 7.20. The molecule has 0 bridgehead atoms. The summed E-state index contributed by atoms with van der Waals surface area (Å²) in [5.41, 5.74) is 2.43. The normalized spacial score (nSPS) is 11.6. The second-order valence-corrected chi connectivity index (χ2v) is 6.44. The van der Waals surface area contributed by atoms with Crippen LogP contribution in [0, 0.1) is 18.3 Å². The summed E-state index contributed by atoms with van der Waals surface area (Å²) >= 11 is 13.6. The molecule has 6 heteroatoms. The number of nitriles is 1. The number of fused-ring (bicyclic) bond motifs is 1. The molecule has 22 heavy (non-hydrogen) atoms. The zero-order valence-corrected chi connectivity index (χ0v) is 13.8. The molecule has 0 N–H and O–H groups in total. The van der Waals surface area contributed by atoms with Crippen LogP contribution < -0.4 is 0 Å². The summed E-state index contributed by atoms with van der Waals surface area (Å²) in [5.74, 6) is 0. The van der Waals surface area contributed by atoms with E-state index in [1.165, 1.54) is 11.3 Å². The van der Waals surface area contributed by atoms with Crippen molar-refractivity contribution in [1.82, 2.24) is 4.98 Å². The van der Waals surface area contributed by atoms with E-state index < -0.39 is 0 Å². The van der Waals surface area contributed by atoms with E-state index in [1.54, 1.807) is 12.1 Å². The largest absolute Gasteiger partial charge is 0.235 e. The van der Waals surface area contributed by atoms with Gasteiger partial charge in [0.05, 0.1) is 15.9 Å². The predicted molar refractivity (Wildman–Crippen MR) is 92.6 cm³/mol. The van der Waals surface area contributed by atoms with Crippen LogP contribution in [0.4, 0.5) is 5.69 Å². The van der Waals surface area contributed by atoms with Gasteiger partial charge in [0.25, 0.3) is 0 Å². The van der Waals surface area contributed by atoms with Crippen LogP contribution in [0.15, 0.2) is 41.4 Å². The third-order valence-electron chi connectivity index (χ3n) is 3.11. The third kappa shape index (κ3) is 2.84. The van der Waals surface area contributed by atoms with Gasteiger partial charge in [-0.2, -0.15) is 5.26 Å². The first-order valence-corrected chi connectivity index (χ1v) is 7.96. The number of aromatic nitrogens is 1. The second-order valence-electron chi connectivity index (χ2n) is 4.59. The minimum Gasteiger partial charge on any atom is -0.235 e. The number of hydrogen-bond acceptors (Lipinski definition) is 4. The van der Waals surface area contributed by atoms with Gasteiger partial charge in [0.1, 0.15) is 6.07 Å². The number of benzene rings is 2. The maximum absolute atomic E-state index is 9.38. The Labute approximate surface area is 141 Å². The maximum Gasteiger partial charge on any atom is 0.177 e. The van der Waals surface area contributed by atoms with Crippen LogP contribution >= 0.6 is 34.5 Å². The lowest BCUT2D eigenvalue weighted by Gasteiger charge is -2.03. The van der Waals surface area contributed by atoms with Gasteiger partial charge < -0.3 is 0 Å². The summed E-state index contributed by atoms with van der Waals surface area (Å²) in [6.07, 6.45) is 0. The van der Waals surface area contributed by atoms with E-state index in [-0.39, 0.29) is 5.71 Å². The van der Waals surface area contributed by atoms with Gasteiger partial charge in [0, 0.05) is 10.0 Å². The number of rotatable bonds is 2. The Morgan fingerprint density at radius 1 is 1.23 bits per heavy atom. The fraction of sp³-hybridized carbons (Fsp3) is 0.0625. The van der Waals surface area contributed by atoms with Crippen LogP contribution in [-0.2, 0) is 0 Å². The number of hydrogen-bond donors (Lipinski definition) is 0. The molecule has 0 saturated heterocycles. The molecule has 1 aromatic heterocycles. The maximum atomic E-state index is 9.38. The quantitative estimate of drug-likeness (QED) is 0.571. The van der Waals surface area contributed by atoms with Crippen molar-refractivity contribution in [1.29, 1.82) is 5.26 Å². The molecule has 0 saturated carbocycles. The van der Waals surface area contributed by atoms with E-state index >= 15 is 0 Å². The lowest BCUT2D eigenvalue weighted by molar-refractivity contribution is 1.40. The number of para-hydroxylation sites is 1. The summed E-state index contributed by atoms with van der Waals surface area (Å²) in [6, 6.07) is 13.2. The van der Waals surface area contributed by atoms with E-state index in [0.717, 1.165) is 15.8 Å². The van der Waals surface area contributed by atoms with Gasteiger partial charge in [0.2, 0.25) is 0 Å². The van der Waals surface area contributed by atoms with Crippen molar-refractivity contribution in [2.24, 2.45) is 4.99 Å². The fourth-order valence-electron chi connectivity index (χ4n) is 1.92. The van der Waals surface area contributed by atoms with Crippen LogP contribution in [0.3, 0.4) is 0 Å². The Bertz CT molecular complexity index is 882. The molecule has 3 rings (SSSR count). The summed E-state index contributed by atoms with van der Waals surface area (Å²) < 4.78 is 1.01. The number of aliphatic imine (C=N–C) groups is 1. The van der Waals surface area contributed by atoms with Crippen LogP contribution in [0.25, 0.3) is 10.2 Å². The van der Waals surface area contributed by atoms with Gasteiger partial charge in [-0.15, -0.1) is 11.3 Å². The van der Waals surface area contributed by atoms with E-state index in [2.05, 4.69) is 16.0 Å². The van der Waals surface area contributed by atoms with Crippen molar-refractivity contribution in [2.75, 3.05) is 0 Å². The van der Waals surface area contributed by atoms with Gasteiger partial charge in [-0.05, 0) is 36.8 Å². The van der Waals surface area contributed by atoms with Gasteiger partial charge >= 0.3 is 0 Å². The van der Waals surface area contributed by atoms with E-state index in [1.807, 2.05) is 31.2 Å². The van der Waals surface area contributed by atoms with Crippen LogP contribution in [0.1, 0.15) is 10.6 Å². The molecule has 0 aliphatic rings. The topological polar surface area (TPSA) is 49.0 Å². The zero-order chi connectivity index (χ0) is 15.7. The molecule has 1 heterocycles. The minimum absolute atomic E-state index is 0.247. The molecule has 3 nitrogen and oxygen atoms in total. The molecule has 108 valence electrons. The van der Waals surface area contributed by atoms with Gasteiger partial charge in [-0.25, -0.2) is 9.98 Å². The summed E-state index contributed by atoms with van der Waals surface area (Å²) in [5, 5.41) is 11.0. The molecule has 0 amide bonds. The molecular formula is C16H9Cl2N3S. The second kappa shape index (κ2) is 6.05. The van der Waals surface area contributed by atoms with Gasteiger partial charge in [0.15, 0.2) is 10.7 Å². The Morgan fingerprint density at radius 2 is 1.91 bits per heavy atom. The van der Waals surface area contributed by atoms with Gasteiger partial charge in [-0.3, -0.25) is 0 Å². The molecule has 0 unspecified atom stereocenters. The molecule has 3 aromatic rings. The summed E-state index contributed by atoms with van der Waals surface area (Å²) in [4.78, 5) is 8.78. The molecule has 0 spiro atoms. The molecule has 0 atom stereocenters. The average Bonchev–Trinajstić information content (AvgIpc) is 2.93. The lowest BCUT2D eigenvalue weighted by Crippen LogP contribution is -1.95. The Kier molecular flexibility index (Phi) is 4.12. The molecular weight excluding hydrogens is 337 g/mol. The molecule has 0 radical (unpaired) electrons. The third-order valence-corrected chi connectivity index (χ3v) is 4.94. The highest BCUT2D eigenvalue weighted by Crippen LogP contribution is 2.30.